The van der Waals surface area contributed by atoms with E-state index in [0.717, 1.165) is 12.1 Å². The number of hydrogen-bond acceptors (Lipinski definition) is 4. The lowest BCUT2D eigenvalue weighted by Gasteiger charge is -2.16. The molecule has 1 aromatic heterocycles. The lowest BCUT2D eigenvalue weighted by atomic mass is 10.1. The van der Waals surface area contributed by atoms with E-state index in [1.807, 2.05) is 0 Å². The summed E-state index contributed by atoms with van der Waals surface area (Å²) in [5.74, 6) is -1.55. The second kappa shape index (κ2) is 7.21. The summed E-state index contributed by atoms with van der Waals surface area (Å²) in [5.41, 5.74) is 6.17. The van der Waals surface area contributed by atoms with Crippen LogP contribution in [-0.2, 0) is 6.54 Å². The average Bonchev–Trinajstić information content (AvgIpc) is 2.93. The SMILES string of the molecule is NCCn1cc(-c2ccc(OC(F)(F)F)c(OCC(F)(F)F)c2)cn1. The Labute approximate surface area is 137 Å². The van der Waals surface area contributed by atoms with Crippen molar-refractivity contribution in [1.82, 2.24) is 9.78 Å². The minimum atomic E-state index is -5.07. The number of hydrogen-bond donors (Lipinski definition) is 1. The first-order chi connectivity index (χ1) is 11.6. The second-order valence-corrected chi connectivity index (χ2v) is 4.89. The molecule has 0 aliphatic heterocycles. The first kappa shape index (κ1) is 18.9. The van der Waals surface area contributed by atoms with Gasteiger partial charge in [0.05, 0.1) is 12.7 Å². The highest BCUT2D eigenvalue weighted by molar-refractivity contribution is 5.66. The van der Waals surface area contributed by atoms with Gasteiger partial charge in [-0.25, -0.2) is 0 Å². The molecule has 0 bridgehead atoms. The summed E-state index contributed by atoms with van der Waals surface area (Å²) in [6, 6.07) is 3.16. The smallest absolute Gasteiger partial charge is 0.480 e. The fraction of sp³-hybridized carbons (Fsp3) is 0.357. The molecule has 1 aromatic carbocycles. The lowest BCUT2D eigenvalue weighted by molar-refractivity contribution is -0.275. The Balaban J connectivity index is 2.32. The maximum absolute atomic E-state index is 12.4. The van der Waals surface area contributed by atoms with Crippen LogP contribution in [0.25, 0.3) is 11.1 Å². The summed E-state index contributed by atoms with van der Waals surface area (Å²) in [6.07, 6.45) is -6.82. The Hall–Kier alpha value is -2.43. The van der Waals surface area contributed by atoms with Crippen LogP contribution in [0.5, 0.6) is 11.5 Å². The van der Waals surface area contributed by atoms with Gasteiger partial charge in [0, 0.05) is 18.3 Å². The highest BCUT2D eigenvalue weighted by Crippen LogP contribution is 2.36. The Morgan fingerprint density at radius 2 is 1.76 bits per heavy atom. The van der Waals surface area contributed by atoms with Crippen LogP contribution < -0.4 is 15.2 Å². The Morgan fingerprint density at radius 1 is 1.04 bits per heavy atom. The highest BCUT2D eigenvalue weighted by Gasteiger charge is 2.34. The number of rotatable bonds is 6. The summed E-state index contributed by atoms with van der Waals surface area (Å²) >= 11 is 0. The molecule has 0 radical (unpaired) electrons. The molecule has 0 amide bonds. The summed E-state index contributed by atoms with van der Waals surface area (Å²) in [5, 5.41) is 3.98. The molecule has 0 atom stereocenters. The molecule has 0 spiro atoms. The van der Waals surface area contributed by atoms with Crippen molar-refractivity contribution in [3.05, 3.63) is 30.6 Å². The Bertz CT molecular complexity index is 711. The minimum absolute atomic E-state index is 0.315. The van der Waals surface area contributed by atoms with E-state index in [1.165, 1.54) is 16.9 Å². The second-order valence-electron chi connectivity index (χ2n) is 4.89. The molecule has 0 saturated heterocycles. The van der Waals surface area contributed by atoms with Crippen molar-refractivity contribution in [3.63, 3.8) is 0 Å². The van der Waals surface area contributed by atoms with Gasteiger partial charge in [-0.2, -0.15) is 18.3 Å². The van der Waals surface area contributed by atoms with E-state index in [1.54, 1.807) is 6.20 Å². The maximum atomic E-state index is 12.4. The minimum Gasteiger partial charge on any atom is -0.480 e. The molecule has 1 heterocycles. The largest absolute Gasteiger partial charge is 0.573 e. The van der Waals surface area contributed by atoms with Gasteiger partial charge in [-0.3, -0.25) is 4.68 Å². The van der Waals surface area contributed by atoms with Crippen molar-refractivity contribution < 1.29 is 35.8 Å². The number of alkyl halides is 6. The van der Waals surface area contributed by atoms with E-state index >= 15 is 0 Å². The standard InChI is InChI=1S/C14H13F6N3O2/c15-13(16,17)8-24-12-5-9(1-2-11(12)25-14(18,19)20)10-6-22-23(7-10)4-3-21/h1-2,5-7H,3-4,8,21H2. The van der Waals surface area contributed by atoms with Gasteiger partial charge in [0.1, 0.15) is 0 Å². The predicted molar refractivity (Wildman–Crippen MR) is 75.0 cm³/mol. The fourth-order valence-corrected chi connectivity index (χ4v) is 1.94. The Kier molecular flexibility index (Phi) is 5.45. The maximum Gasteiger partial charge on any atom is 0.573 e. The number of ether oxygens (including phenoxy) is 2. The number of nitrogens with two attached hydrogens (primary N) is 1. The molecule has 5 nitrogen and oxygen atoms in total. The van der Waals surface area contributed by atoms with E-state index in [-0.39, 0.29) is 0 Å². The van der Waals surface area contributed by atoms with Crippen LogP contribution in [0, 0.1) is 0 Å². The summed E-state index contributed by atoms with van der Waals surface area (Å²) < 4.78 is 83.7. The van der Waals surface area contributed by atoms with E-state index in [4.69, 9.17) is 5.73 Å². The van der Waals surface area contributed by atoms with Crippen molar-refractivity contribution in [3.8, 4) is 22.6 Å². The number of aromatic nitrogens is 2. The topological polar surface area (TPSA) is 62.3 Å². The van der Waals surface area contributed by atoms with E-state index < -0.39 is 30.6 Å². The molecule has 11 heteroatoms. The third-order valence-corrected chi connectivity index (χ3v) is 2.89. The van der Waals surface area contributed by atoms with E-state index in [0.29, 0.717) is 24.2 Å². The predicted octanol–water partition coefficient (Wildman–Crippen LogP) is 3.35. The van der Waals surface area contributed by atoms with Crippen LogP contribution in [0.2, 0.25) is 0 Å². The van der Waals surface area contributed by atoms with Crippen LogP contribution in [0.3, 0.4) is 0 Å². The third kappa shape index (κ3) is 5.85. The summed E-state index contributed by atoms with van der Waals surface area (Å²) in [4.78, 5) is 0. The molecule has 2 aromatic rings. The number of benzene rings is 1. The normalized spacial score (nSPS) is 12.3. The van der Waals surface area contributed by atoms with Crippen molar-refractivity contribution in [2.45, 2.75) is 19.1 Å². The van der Waals surface area contributed by atoms with Crippen LogP contribution in [0.15, 0.2) is 30.6 Å². The molecule has 25 heavy (non-hydrogen) atoms. The van der Waals surface area contributed by atoms with Gasteiger partial charge in [0.25, 0.3) is 0 Å². The molecular formula is C14H13F6N3O2. The van der Waals surface area contributed by atoms with Gasteiger partial charge in [0.2, 0.25) is 0 Å². The van der Waals surface area contributed by atoms with E-state index in [9.17, 15) is 26.3 Å². The molecule has 0 aliphatic carbocycles. The highest BCUT2D eigenvalue weighted by atomic mass is 19.4. The van der Waals surface area contributed by atoms with Gasteiger partial charge in [-0.1, -0.05) is 6.07 Å². The molecule has 0 unspecified atom stereocenters. The van der Waals surface area contributed by atoms with Crippen LogP contribution in [-0.4, -0.2) is 35.5 Å². The lowest BCUT2D eigenvalue weighted by Crippen LogP contribution is -2.21. The van der Waals surface area contributed by atoms with Gasteiger partial charge in [-0.15, -0.1) is 13.2 Å². The molecular weight excluding hydrogens is 356 g/mol. The molecule has 0 aliphatic rings. The third-order valence-electron chi connectivity index (χ3n) is 2.89. The molecule has 2 N–H and O–H groups in total. The van der Waals surface area contributed by atoms with Crippen LogP contribution in [0.1, 0.15) is 0 Å². The zero-order valence-corrected chi connectivity index (χ0v) is 12.6. The number of nitrogens with zero attached hydrogens (tertiary/aromatic N) is 2. The summed E-state index contributed by atoms with van der Waals surface area (Å²) in [7, 11) is 0. The van der Waals surface area contributed by atoms with Gasteiger partial charge in [-0.05, 0) is 17.7 Å². The quantitative estimate of drug-likeness (QED) is 0.794. The average molecular weight is 369 g/mol. The zero-order chi connectivity index (χ0) is 18.7. The van der Waals surface area contributed by atoms with Crippen LogP contribution >= 0.6 is 0 Å². The summed E-state index contributed by atoms with van der Waals surface area (Å²) in [6.45, 7) is -1.02. The zero-order valence-electron chi connectivity index (χ0n) is 12.6. The molecule has 0 saturated carbocycles. The van der Waals surface area contributed by atoms with Crippen molar-refractivity contribution in [1.29, 1.82) is 0 Å². The van der Waals surface area contributed by atoms with Crippen LogP contribution in [0.4, 0.5) is 26.3 Å². The fourth-order valence-electron chi connectivity index (χ4n) is 1.94. The van der Waals surface area contributed by atoms with Crippen molar-refractivity contribution in [2.24, 2.45) is 5.73 Å². The van der Waals surface area contributed by atoms with Gasteiger partial charge in [0.15, 0.2) is 18.1 Å². The molecule has 2 rings (SSSR count). The molecule has 0 fully saturated rings. The van der Waals surface area contributed by atoms with E-state index in [2.05, 4.69) is 14.6 Å². The van der Waals surface area contributed by atoms with Crippen molar-refractivity contribution >= 4 is 0 Å². The molecule has 138 valence electrons. The monoisotopic (exact) mass is 369 g/mol. The Morgan fingerprint density at radius 3 is 2.36 bits per heavy atom. The van der Waals surface area contributed by atoms with Gasteiger partial charge >= 0.3 is 12.5 Å². The van der Waals surface area contributed by atoms with Crippen molar-refractivity contribution in [2.75, 3.05) is 13.2 Å². The first-order valence-corrected chi connectivity index (χ1v) is 6.89. The van der Waals surface area contributed by atoms with Gasteiger partial charge < -0.3 is 15.2 Å². The number of halogens is 6. The first-order valence-electron chi connectivity index (χ1n) is 6.89.